The van der Waals surface area contributed by atoms with Crippen LogP contribution in [-0.4, -0.2) is 17.7 Å². The van der Waals surface area contributed by atoms with E-state index in [2.05, 4.69) is 13.8 Å². The Morgan fingerprint density at radius 2 is 2.00 bits per heavy atom. The van der Waals surface area contributed by atoms with Crippen LogP contribution in [0.15, 0.2) is 24.3 Å². The van der Waals surface area contributed by atoms with Crippen LogP contribution >= 0.6 is 0 Å². The van der Waals surface area contributed by atoms with Crippen molar-refractivity contribution in [2.24, 2.45) is 5.92 Å². The molecule has 0 radical (unpaired) electrons. The van der Waals surface area contributed by atoms with Crippen molar-refractivity contribution in [1.29, 1.82) is 0 Å². The van der Waals surface area contributed by atoms with Crippen LogP contribution in [0.4, 0.5) is 0 Å². The minimum atomic E-state index is -0.812. The van der Waals surface area contributed by atoms with Crippen LogP contribution in [0.3, 0.4) is 0 Å². The zero-order valence-electron chi connectivity index (χ0n) is 9.77. The molecule has 0 amide bonds. The second kappa shape index (κ2) is 6.16. The van der Waals surface area contributed by atoms with Crippen molar-refractivity contribution in [3.05, 3.63) is 29.8 Å². The first-order chi connectivity index (χ1) is 7.61. The van der Waals surface area contributed by atoms with Gasteiger partial charge in [-0.25, -0.2) is 0 Å². The summed E-state index contributed by atoms with van der Waals surface area (Å²) in [7, 11) is 0. The lowest BCUT2D eigenvalue weighted by molar-refractivity contribution is -0.136. The van der Waals surface area contributed by atoms with Gasteiger partial charge in [-0.15, -0.1) is 0 Å². The van der Waals surface area contributed by atoms with Crippen molar-refractivity contribution < 1.29 is 14.6 Å². The van der Waals surface area contributed by atoms with Gasteiger partial charge in [0.05, 0.1) is 13.0 Å². The van der Waals surface area contributed by atoms with Crippen molar-refractivity contribution in [1.82, 2.24) is 0 Å². The average Bonchev–Trinajstić information content (AvgIpc) is 2.27. The first-order valence-electron chi connectivity index (χ1n) is 5.55. The molecular weight excluding hydrogens is 204 g/mol. The summed E-state index contributed by atoms with van der Waals surface area (Å²) in [6.07, 6.45) is 1.16. The minimum absolute atomic E-state index is 0.0612. The van der Waals surface area contributed by atoms with Gasteiger partial charge in [0.15, 0.2) is 0 Å². The molecular formula is C13H18O3. The van der Waals surface area contributed by atoms with E-state index < -0.39 is 5.97 Å². The number of carboxylic acid groups (broad SMARTS) is 1. The molecule has 88 valence electrons. The third-order valence-electron chi connectivity index (χ3n) is 2.51. The van der Waals surface area contributed by atoms with Gasteiger partial charge in [-0.2, -0.15) is 0 Å². The maximum absolute atomic E-state index is 10.5. The lowest BCUT2D eigenvalue weighted by Crippen LogP contribution is -2.07. The Bertz CT molecular complexity index is 330. The summed E-state index contributed by atoms with van der Waals surface area (Å²) in [6, 6.07) is 7.22. The van der Waals surface area contributed by atoms with Crippen LogP contribution in [0.25, 0.3) is 0 Å². The highest BCUT2D eigenvalue weighted by molar-refractivity contribution is 5.70. The normalized spacial score (nSPS) is 12.1. The predicted molar refractivity (Wildman–Crippen MR) is 62.7 cm³/mol. The lowest BCUT2D eigenvalue weighted by atomic mass is 10.1. The van der Waals surface area contributed by atoms with Crippen LogP contribution in [0, 0.1) is 5.92 Å². The molecule has 0 saturated heterocycles. The summed E-state index contributed by atoms with van der Waals surface area (Å²) >= 11 is 0. The van der Waals surface area contributed by atoms with E-state index >= 15 is 0 Å². The highest BCUT2D eigenvalue weighted by atomic mass is 16.5. The molecule has 0 aliphatic heterocycles. The van der Waals surface area contributed by atoms with Crippen molar-refractivity contribution in [2.75, 3.05) is 6.61 Å². The number of aliphatic carboxylic acids is 1. The van der Waals surface area contributed by atoms with Gasteiger partial charge in [0, 0.05) is 0 Å². The summed E-state index contributed by atoms with van der Waals surface area (Å²) in [6.45, 7) is 4.97. The molecule has 3 nitrogen and oxygen atoms in total. The van der Waals surface area contributed by atoms with Gasteiger partial charge >= 0.3 is 5.97 Å². The molecule has 1 N–H and O–H groups in total. The molecule has 0 saturated carbocycles. The van der Waals surface area contributed by atoms with E-state index in [1.165, 1.54) is 0 Å². The van der Waals surface area contributed by atoms with Crippen LogP contribution < -0.4 is 4.74 Å². The Kier molecular flexibility index (Phi) is 4.83. The molecule has 0 aliphatic carbocycles. The second-order valence-electron chi connectivity index (χ2n) is 4.04. The first-order valence-corrected chi connectivity index (χ1v) is 5.55. The van der Waals surface area contributed by atoms with Crippen LogP contribution in [0.1, 0.15) is 25.8 Å². The topological polar surface area (TPSA) is 46.5 Å². The van der Waals surface area contributed by atoms with Crippen molar-refractivity contribution in [2.45, 2.75) is 26.7 Å². The molecule has 0 aromatic heterocycles. The molecule has 1 aromatic rings. The highest BCUT2D eigenvalue weighted by Crippen LogP contribution is 2.14. The Morgan fingerprint density at radius 3 is 2.50 bits per heavy atom. The standard InChI is InChI=1S/C13H18O3/c1-3-10(2)9-16-12-6-4-11(5-7-12)8-13(14)15/h4-7,10H,3,8-9H2,1-2H3,(H,14,15). The molecule has 1 unspecified atom stereocenters. The van der Waals surface area contributed by atoms with E-state index in [4.69, 9.17) is 9.84 Å². The van der Waals surface area contributed by atoms with Gasteiger partial charge in [-0.3, -0.25) is 4.79 Å². The Morgan fingerprint density at radius 1 is 1.38 bits per heavy atom. The molecule has 1 aromatic carbocycles. The molecule has 0 aliphatic rings. The molecule has 0 bridgehead atoms. The van der Waals surface area contributed by atoms with Crippen molar-refractivity contribution >= 4 is 5.97 Å². The Balaban J connectivity index is 2.48. The van der Waals surface area contributed by atoms with Gasteiger partial charge in [-0.05, 0) is 23.6 Å². The lowest BCUT2D eigenvalue weighted by Gasteiger charge is -2.10. The maximum atomic E-state index is 10.5. The van der Waals surface area contributed by atoms with Crippen molar-refractivity contribution in [3.63, 3.8) is 0 Å². The fourth-order valence-electron chi connectivity index (χ4n) is 1.23. The Labute approximate surface area is 96.1 Å². The van der Waals surface area contributed by atoms with Crippen LogP contribution in [0.2, 0.25) is 0 Å². The van der Waals surface area contributed by atoms with E-state index in [1.807, 2.05) is 12.1 Å². The number of ether oxygens (including phenoxy) is 1. The fourth-order valence-corrected chi connectivity index (χ4v) is 1.23. The summed E-state index contributed by atoms with van der Waals surface area (Å²) in [4.78, 5) is 10.5. The van der Waals surface area contributed by atoms with Gasteiger partial charge in [0.25, 0.3) is 0 Å². The molecule has 3 heteroatoms. The molecule has 0 heterocycles. The zero-order chi connectivity index (χ0) is 12.0. The van der Waals surface area contributed by atoms with Gasteiger partial charge in [0.1, 0.15) is 5.75 Å². The van der Waals surface area contributed by atoms with E-state index in [9.17, 15) is 4.79 Å². The number of rotatable bonds is 6. The minimum Gasteiger partial charge on any atom is -0.493 e. The van der Waals surface area contributed by atoms with Crippen molar-refractivity contribution in [3.8, 4) is 5.75 Å². The largest absolute Gasteiger partial charge is 0.493 e. The van der Waals surface area contributed by atoms with E-state index in [0.29, 0.717) is 12.5 Å². The number of carboxylic acids is 1. The molecule has 1 rings (SSSR count). The summed E-state index contributed by atoms with van der Waals surface area (Å²) in [5.74, 6) is 0.529. The average molecular weight is 222 g/mol. The first kappa shape index (κ1) is 12.6. The molecule has 0 fully saturated rings. The third-order valence-corrected chi connectivity index (χ3v) is 2.51. The maximum Gasteiger partial charge on any atom is 0.307 e. The number of benzene rings is 1. The van der Waals surface area contributed by atoms with Gasteiger partial charge in [0.2, 0.25) is 0 Å². The zero-order valence-corrected chi connectivity index (χ0v) is 9.77. The highest BCUT2D eigenvalue weighted by Gasteiger charge is 2.02. The third kappa shape index (κ3) is 4.34. The SMILES string of the molecule is CCC(C)COc1ccc(CC(=O)O)cc1. The quantitative estimate of drug-likeness (QED) is 0.805. The van der Waals surface area contributed by atoms with E-state index in [1.54, 1.807) is 12.1 Å². The monoisotopic (exact) mass is 222 g/mol. The predicted octanol–water partition coefficient (Wildman–Crippen LogP) is 2.74. The summed E-state index contributed by atoms with van der Waals surface area (Å²) < 4.78 is 5.57. The molecule has 0 spiro atoms. The molecule has 16 heavy (non-hydrogen) atoms. The number of carbonyl (C=O) groups is 1. The van der Waals surface area contributed by atoms with E-state index in [-0.39, 0.29) is 6.42 Å². The van der Waals surface area contributed by atoms with E-state index in [0.717, 1.165) is 17.7 Å². The van der Waals surface area contributed by atoms with Gasteiger partial charge < -0.3 is 9.84 Å². The molecule has 1 atom stereocenters. The van der Waals surface area contributed by atoms with Crippen LogP contribution in [-0.2, 0) is 11.2 Å². The van der Waals surface area contributed by atoms with Gasteiger partial charge in [-0.1, -0.05) is 32.4 Å². The smallest absolute Gasteiger partial charge is 0.307 e. The summed E-state index contributed by atoms with van der Waals surface area (Å²) in [5, 5.41) is 8.61. The number of hydrogen-bond donors (Lipinski definition) is 1. The fraction of sp³-hybridized carbons (Fsp3) is 0.462. The van der Waals surface area contributed by atoms with Crippen LogP contribution in [0.5, 0.6) is 5.75 Å². The Hall–Kier alpha value is -1.51. The summed E-state index contributed by atoms with van der Waals surface area (Å²) in [5.41, 5.74) is 0.795. The second-order valence-corrected chi connectivity index (χ2v) is 4.04. The number of hydrogen-bond acceptors (Lipinski definition) is 2.